The van der Waals surface area contributed by atoms with Crippen molar-refractivity contribution in [3.63, 3.8) is 0 Å². The smallest absolute Gasteiger partial charge is 0.260 e. The van der Waals surface area contributed by atoms with Gasteiger partial charge >= 0.3 is 0 Å². The summed E-state index contributed by atoms with van der Waals surface area (Å²) in [4.78, 5) is 22.2. The number of para-hydroxylation sites is 1. The van der Waals surface area contributed by atoms with Crippen molar-refractivity contribution in [1.82, 2.24) is 9.88 Å². The first kappa shape index (κ1) is 20.9. The van der Waals surface area contributed by atoms with Gasteiger partial charge in [-0.15, -0.1) is 0 Å². The third-order valence-corrected chi connectivity index (χ3v) is 6.51. The number of hydrogen-bond acceptors (Lipinski definition) is 6. The Labute approximate surface area is 185 Å². The van der Waals surface area contributed by atoms with E-state index in [2.05, 4.69) is 18.7 Å². The van der Waals surface area contributed by atoms with Crippen LogP contribution in [0.25, 0.3) is 10.2 Å². The molecule has 4 rings (SSSR count). The molecule has 2 aromatic carbocycles. The number of halogens is 1. The molecule has 8 heteroatoms. The normalized spacial score (nSPS) is 13.1. The van der Waals surface area contributed by atoms with Crippen LogP contribution in [0.5, 0.6) is 11.5 Å². The monoisotopic (exact) mass is 445 g/mol. The summed E-state index contributed by atoms with van der Waals surface area (Å²) in [6.07, 6.45) is 0. The van der Waals surface area contributed by atoms with Gasteiger partial charge in [0.25, 0.3) is 5.91 Å². The molecular formula is C22H24ClN3O3S. The predicted octanol–water partition coefficient (Wildman–Crippen LogP) is 4.71. The molecule has 0 saturated heterocycles. The van der Waals surface area contributed by atoms with Crippen LogP contribution in [0.1, 0.15) is 24.2 Å². The number of amides is 1. The van der Waals surface area contributed by atoms with E-state index in [9.17, 15) is 4.79 Å². The Hall–Kier alpha value is -2.35. The van der Waals surface area contributed by atoms with Gasteiger partial charge in [0, 0.05) is 18.7 Å². The molecule has 158 valence electrons. The number of hydrogen-bond donors (Lipinski definition) is 0. The van der Waals surface area contributed by atoms with E-state index in [0.717, 1.165) is 29.9 Å². The van der Waals surface area contributed by atoms with Gasteiger partial charge in [-0.3, -0.25) is 9.69 Å². The van der Waals surface area contributed by atoms with Gasteiger partial charge in [-0.05, 0) is 43.4 Å². The summed E-state index contributed by atoms with van der Waals surface area (Å²) in [6.45, 7) is 8.37. The number of likely N-dealkylation sites (N-methyl/N-ethyl adjacent to an activating group) is 1. The van der Waals surface area contributed by atoms with Gasteiger partial charge in [-0.25, -0.2) is 4.98 Å². The lowest BCUT2D eigenvalue weighted by Gasteiger charge is -2.25. The molecule has 0 unspecified atom stereocenters. The number of carbonyl (C=O) groups excluding carboxylic acids is 1. The first-order valence-electron chi connectivity index (χ1n) is 10.1. The minimum absolute atomic E-state index is 0.116. The van der Waals surface area contributed by atoms with Gasteiger partial charge in [0.15, 0.2) is 16.6 Å². The largest absolute Gasteiger partial charge is 0.486 e. The molecule has 0 fully saturated rings. The summed E-state index contributed by atoms with van der Waals surface area (Å²) < 4.78 is 12.2. The van der Waals surface area contributed by atoms with Crippen LogP contribution in [0, 0.1) is 0 Å². The lowest BCUT2D eigenvalue weighted by molar-refractivity contribution is 0.0982. The van der Waals surface area contributed by atoms with Crippen molar-refractivity contribution < 1.29 is 14.3 Å². The number of nitrogens with zero attached hydrogens (tertiary/aromatic N) is 3. The third-order valence-electron chi connectivity index (χ3n) is 5.16. The molecule has 0 N–H and O–H groups in total. The molecule has 0 aliphatic carbocycles. The molecule has 0 saturated carbocycles. The van der Waals surface area contributed by atoms with Crippen molar-refractivity contribution in [2.75, 3.05) is 44.3 Å². The van der Waals surface area contributed by atoms with Gasteiger partial charge in [-0.2, -0.15) is 0 Å². The fourth-order valence-electron chi connectivity index (χ4n) is 3.42. The highest BCUT2D eigenvalue weighted by molar-refractivity contribution is 7.22. The van der Waals surface area contributed by atoms with E-state index >= 15 is 0 Å². The highest BCUT2D eigenvalue weighted by Gasteiger charge is 2.24. The van der Waals surface area contributed by atoms with Crippen molar-refractivity contribution in [2.24, 2.45) is 0 Å². The van der Waals surface area contributed by atoms with E-state index in [1.165, 1.54) is 11.3 Å². The van der Waals surface area contributed by atoms with Gasteiger partial charge in [-0.1, -0.05) is 42.9 Å². The molecule has 1 aliphatic heterocycles. The van der Waals surface area contributed by atoms with E-state index in [0.29, 0.717) is 47.0 Å². The average molecular weight is 446 g/mol. The maximum atomic E-state index is 13.5. The Bertz CT molecular complexity index is 1050. The highest BCUT2D eigenvalue weighted by atomic mass is 35.5. The minimum atomic E-state index is -0.116. The summed E-state index contributed by atoms with van der Waals surface area (Å²) in [7, 11) is 0. The van der Waals surface area contributed by atoms with Crippen LogP contribution in [0.3, 0.4) is 0 Å². The van der Waals surface area contributed by atoms with Crippen LogP contribution in [0.15, 0.2) is 36.4 Å². The number of anilines is 1. The second-order valence-corrected chi connectivity index (χ2v) is 8.34. The van der Waals surface area contributed by atoms with Crippen LogP contribution < -0.4 is 14.4 Å². The van der Waals surface area contributed by atoms with Crippen LogP contribution in [0.2, 0.25) is 5.02 Å². The summed E-state index contributed by atoms with van der Waals surface area (Å²) in [5.74, 6) is 1.15. The van der Waals surface area contributed by atoms with Crippen LogP contribution in [0.4, 0.5) is 5.13 Å². The van der Waals surface area contributed by atoms with E-state index in [1.54, 1.807) is 23.1 Å². The molecule has 2 heterocycles. The third kappa shape index (κ3) is 4.24. The minimum Gasteiger partial charge on any atom is -0.486 e. The van der Waals surface area contributed by atoms with Crippen LogP contribution in [-0.2, 0) is 0 Å². The maximum Gasteiger partial charge on any atom is 0.260 e. The fraction of sp³-hybridized carbons (Fsp3) is 0.364. The quantitative estimate of drug-likeness (QED) is 0.527. The van der Waals surface area contributed by atoms with Crippen LogP contribution >= 0.6 is 22.9 Å². The molecule has 6 nitrogen and oxygen atoms in total. The Morgan fingerprint density at radius 3 is 2.60 bits per heavy atom. The molecule has 30 heavy (non-hydrogen) atoms. The molecule has 0 radical (unpaired) electrons. The zero-order valence-electron chi connectivity index (χ0n) is 17.1. The summed E-state index contributed by atoms with van der Waals surface area (Å²) >= 11 is 7.80. The van der Waals surface area contributed by atoms with Crippen molar-refractivity contribution in [3.05, 3.63) is 47.0 Å². The van der Waals surface area contributed by atoms with Crippen molar-refractivity contribution in [1.29, 1.82) is 0 Å². The van der Waals surface area contributed by atoms with Crippen molar-refractivity contribution in [2.45, 2.75) is 13.8 Å². The highest BCUT2D eigenvalue weighted by Crippen LogP contribution is 2.35. The van der Waals surface area contributed by atoms with E-state index in [1.807, 2.05) is 18.2 Å². The number of fused-ring (bicyclic) bond motifs is 2. The molecule has 1 amide bonds. The fourth-order valence-corrected chi connectivity index (χ4v) is 4.71. The SMILES string of the molecule is CCN(CC)CCN(C(=O)c1ccc2c(c1)OCCO2)c1nc2c(Cl)cccc2s1. The topological polar surface area (TPSA) is 54.9 Å². The molecule has 0 spiro atoms. The Kier molecular flexibility index (Phi) is 6.41. The molecule has 0 bridgehead atoms. The number of benzene rings is 2. The summed E-state index contributed by atoms with van der Waals surface area (Å²) in [5.41, 5.74) is 1.27. The molecule has 0 atom stereocenters. The van der Waals surface area contributed by atoms with E-state index < -0.39 is 0 Å². The number of aromatic nitrogens is 1. The average Bonchev–Trinajstić information content (AvgIpc) is 3.21. The maximum absolute atomic E-state index is 13.5. The second-order valence-electron chi connectivity index (χ2n) is 6.93. The van der Waals surface area contributed by atoms with Gasteiger partial charge in [0.1, 0.15) is 18.7 Å². The van der Waals surface area contributed by atoms with Gasteiger partial charge < -0.3 is 14.4 Å². The standard InChI is InChI=1S/C22H24ClN3O3S/c1-3-25(4-2)10-11-26(22-24-20-16(23)6-5-7-19(20)30-22)21(27)15-8-9-17-18(14-15)29-13-12-28-17/h5-9,14H,3-4,10-13H2,1-2H3. The lowest BCUT2D eigenvalue weighted by atomic mass is 10.1. The summed E-state index contributed by atoms with van der Waals surface area (Å²) in [5, 5.41) is 1.23. The zero-order valence-corrected chi connectivity index (χ0v) is 18.6. The Balaban J connectivity index is 1.68. The van der Waals surface area contributed by atoms with Gasteiger partial charge in [0.2, 0.25) is 0 Å². The van der Waals surface area contributed by atoms with E-state index in [4.69, 9.17) is 26.1 Å². The predicted molar refractivity (Wildman–Crippen MR) is 122 cm³/mol. The number of ether oxygens (including phenoxy) is 2. The zero-order chi connectivity index (χ0) is 21.1. The second kappa shape index (κ2) is 9.20. The first-order valence-corrected chi connectivity index (χ1v) is 11.3. The Morgan fingerprint density at radius 2 is 1.87 bits per heavy atom. The number of rotatable bonds is 7. The number of thiazole rings is 1. The Morgan fingerprint density at radius 1 is 1.10 bits per heavy atom. The van der Waals surface area contributed by atoms with Crippen molar-refractivity contribution >= 4 is 44.2 Å². The molecule has 3 aromatic rings. The lowest BCUT2D eigenvalue weighted by Crippen LogP contribution is -2.39. The molecule has 1 aliphatic rings. The van der Waals surface area contributed by atoms with Crippen LogP contribution in [-0.4, -0.2) is 55.2 Å². The first-order chi connectivity index (χ1) is 14.6. The van der Waals surface area contributed by atoms with Crippen molar-refractivity contribution in [3.8, 4) is 11.5 Å². The summed E-state index contributed by atoms with van der Waals surface area (Å²) in [6, 6.07) is 11.0. The number of carbonyl (C=O) groups is 1. The molecule has 1 aromatic heterocycles. The van der Waals surface area contributed by atoms with E-state index in [-0.39, 0.29) is 5.91 Å². The van der Waals surface area contributed by atoms with Gasteiger partial charge in [0.05, 0.1) is 9.72 Å². The molecular weight excluding hydrogens is 422 g/mol.